The van der Waals surface area contributed by atoms with Gasteiger partial charge in [0, 0.05) is 0 Å². The second kappa shape index (κ2) is 7.41. The van der Waals surface area contributed by atoms with Crippen molar-refractivity contribution in [3.05, 3.63) is 133 Å². The Kier molecular flexibility index (Phi) is 2.44. The first-order valence-corrected chi connectivity index (χ1v) is 11.6. The minimum atomic E-state index is -0.573. The van der Waals surface area contributed by atoms with E-state index in [1.165, 1.54) is 0 Å². The zero-order valence-corrected chi connectivity index (χ0v) is 18.9. The van der Waals surface area contributed by atoms with Crippen LogP contribution in [-0.4, -0.2) is 0 Å². The first-order chi connectivity index (χ1) is 22.5. The normalized spacial score (nSPS) is 16.2. The van der Waals surface area contributed by atoms with Crippen molar-refractivity contribution in [2.75, 3.05) is 0 Å². The molecule has 0 atom stereocenters. The van der Waals surface area contributed by atoms with Gasteiger partial charge in [-0.3, -0.25) is 0 Å². The van der Waals surface area contributed by atoms with E-state index in [0.717, 1.165) is 26.9 Å². The van der Waals surface area contributed by atoms with Crippen LogP contribution in [0.15, 0.2) is 133 Å². The van der Waals surface area contributed by atoms with Crippen LogP contribution < -0.4 is 0 Å². The number of hydrogen-bond acceptors (Lipinski definition) is 0. The van der Waals surface area contributed by atoms with Gasteiger partial charge in [-0.25, -0.2) is 0 Å². The fourth-order valence-corrected chi connectivity index (χ4v) is 5.40. The highest BCUT2D eigenvalue weighted by Crippen LogP contribution is 2.46. The van der Waals surface area contributed by atoms with Gasteiger partial charge in [0.1, 0.15) is 0 Å². The zero-order valence-electron chi connectivity index (χ0n) is 29.9. The summed E-state index contributed by atoms with van der Waals surface area (Å²) in [5, 5.41) is 4.50. The molecular weight excluding hydrogens is 432 g/mol. The highest BCUT2D eigenvalue weighted by molar-refractivity contribution is 6.28. The lowest BCUT2D eigenvalue weighted by molar-refractivity contribution is 1.74. The van der Waals surface area contributed by atoms with Crippen LogP contribution in [0.25, 0.3) is 75.8 Å². The lowest BCUT2D eigenvalue weighted by atomic mass is 9.84. The van der Waals surface area contributed by atoms with E-state index in [-0.39, 0.29) is 37.9 Å². The predicted octanol–water partition coefficient (Wildman–Crippen LogP) is 10.3. The van der Waals surface area contributed by atoms with Crippen LogP contribution in [0.2, 0.25) is 0 Å². The van der Waals surface area contributed by atoms with Crippen molar-refractivity contribution in [1.29, 1.82) is 0 Å². The maximum atomic E-state index is 9.43. The Bertz CT molecular complexity index is 2750. The van der Waals surface area contributed by atoms with Crippen molar-refractivity contribution >= 4 is 64.6 Å². The molecule has 0 unspecified atom stereocenters. The Hall–Kier alpha value is -4.68. The predicted molar refractivity (Wildman–Crippen MR) is 157 cm³/mol. The third kappa shape index (κ3) is 2.70. The Morgan fingerprint density at radius 2 is 1.06 bits per heavy atom. The smallest absolute Gasteiger partial charge is 0.0616 e. The minimum absolute atomic E-state index is 0.00685. The van der Waals surface area contributed by atoms with Crippen LogP contribution in [-0.2, 0) is 0 Å². The van der Waals surface area contributed by atoms with Crippen molar-refractivity contribution in [3.63, 3.8) is 0 Å². The Morgan fingerprint density at radius 3 is 1.94 bits per heavy atom. The molecule has 0 spiro atoms. The molecule has 36 heavy (non-hydrogen) atoms. The molecule has 8 aromatic rings. The van der Waals surface area contributed by atoms with Crippen molar-refractivity contribution < 1.29 is 15.1 Å². The number of hydrogen-bond donors (Lipinski definition) is 0. The lowest BCUT2D eigenvalue weighted by Crippen LogP contribution is -1.91. The van der Waals surface area contributed by atoms with Gasteiger partial charge in [-0.1, -0.05) is 121 Å². The van der Waals surface area contributed by atoms with E-state index < -0.39 is 66.5 Å². The van der Waals surface area contributed by atoms with E-state index in [9.17, 15) is 2.74 Å². The van der Waals surface area contributed by atoms with Crippen LogP contribution in [0.1, 0.15) is 15.1 Å². The van der Waals surface area contributed by atoms with E-state index >= 15 is 0 Å². The Morgan fingerprint density at radius 1 is 0.361 bits per heavy atom. The molecule has 0 heteroatoms. The monoisotopic (exact) mass is 465 g/mol. The van der Waals surface area contributed by atoms with Gasteiger partial charge in [0.2, 0.25) is 0 Å². The van der Waals surface area contributed by atoms with Gasteiger partial charge < -0.3 is 0 Å². The van der Waals surface area contributed by atoms with Crippen molar-refractivity contribution in [2.24, 2.45) is 0 Å². The molecule has 0 aliphatic carbocycles. The average molecular weight is 466 g/mol. The van der Waals surface area contributed by atoms with Gasteiger partial charge in [-0.05, 0) is 87.9 Å². The molecule has 0 N–H and O–H groups in total. The maximum absolute atomic E-state index is 9.43. The summed E-state index contributed by atoms with van der Waals surface area (Å²) in [4.78, 5) is 0. The van der Waals surface area contributed by atoms with Crippen LogP contribution in [0.3, 0.4) is 0 Å². The Balaban J connectivity index is 1.81. The summed E-state index contributed by atoms with van der Waals surface area (Å²) in [7, 11) is 0. The summed E-state index contributed by atoms with van der Waals surface area (Å²) in [6.45, 7) is 0. The first-order valence-electron chi connectivity index (χ1n) is 17.1. The molecule has 0 aliphatic rings. The van der Waals surface area contributed by atoms with E-state index in [1.807, 2.05) is 60.7 Å². The van der Waals surface area contributed by atoms with Gasteiger partial charge in [-0.2, -0.15) is 0 Å². The van der Waals surface area contributed by atoms with Crippen LogP contribution in [0, 0.1) is 0 Å². The molecule has 0 fully saturated rings. The molecule has 0 nitrogen and oxygen atoms in total. The van der Waals surface area contributed by atoms with Crippen LogP contribution >= 0.6 is 0 Å². The Labute approximate surface area is 224 Å². The highest BCUT2D eigenvalue weighted by atomic mass is 14.2. The van der Waals surface area contributed by atoms with Gasteiger partial charge in [-0.15, -0.1) is 0 Å². The molecule has 0 aliphatic heterocycles. The van der Waals surface area contributed by atoms with E-state index in [0.29, 0.717) is 10.9 Å². The summed E-state index contributed by atoms with van der Waals surface area (Å²) >= 11 is 0. The largest absolute Gasteiger partial charge is 0.0636 e. The minimum Gasteiger partial charge on any atom is -0.0616 e. The van der Waals surface area contributed by atoms with Crippen molar-refractivity contribution in [3.8, 4) is 11.1 Å². The van der Waals surface area contributed by atoms with E-state index in [4.69, 9.17) is 12.3 Å². The molecule has 0 heterocycles. The zero-order chi connectivity index (χ0) is 33.2. The molecule has 0 saturated heterocycles. The molecular formula is C36H22. The number of benzene rings is 8. The van der Waals surface area contributed by atoms with Crippen LogP contribution in [0.5, 0.6) is 0 Å². The third-order valence-electron chi connectivity index (χ3n) is 6.96. The summed E-state index contributed by atoms with van der Waals surface area (Å²) < 4.78 is 97.4. The summed E-state index contributed by atoms with van der Waals surface area (Å²) in [5.74, 6) is 0. The molecule has 0 amide bonds. The van der Waals surface area contributed by atoms with Gasteiger partial charge in [0.05, 0.1) is 15.1 Å². The van der Waals surface area contributed by atoms with E-state index in [2.05, 4.69) is 6.07 Å². The first kappa shape index (κ1) is 11.8. The standard InChI is InChI=1S/C36H22/c1-5-13-27-23(9-1)17-19-31-33(27)21-25-11-3-7-15-29(25)35(31)36-30-16-8-4-12-26(30)22-34-28-14-6-2-10-24(28)18-20-32(34)36/h1-22H/i1D,3D,5D,7D,9D,11D,13D,15D,17D,19D,21D. The second-order valence-corrected chi connectivity index (χ2v) is 8.85. The fraction of sp³-hybridized carbons (Fsp3) is 0. The maximum Gasteiger partial charge on any atom is 0.0636 e. The molecule has 0 aromatic heterocycles. The average Bonchev–Trinajstić information content (AvgIpc) is 3.08. The summed E-state index contributed by atoms with van der Waals surface area (Å²) in [6.07, 6.45) is 0. The molecule has 0 bridgehead atoms. The van der Waals surface area contributed by atoms with Gasteiger partial charge in [0.15, 0.2) is 0 Å². The summed E-state index contributed by atoms with van der Waals surface area (Å²) in [6, 6.07) is 16.0. The SMILES string of the molecule is [2H]c1c([2H])c([2H])c2c([2H])c3c(c([2H])c([2H])c4c([2H])c([2H])c([2H])c([2H])c43)c(-c3c4ccccc4cc4c3ccc3ccccc34)c2c1[2H]. The summed E-state index contributed by atoms with van der Waals surface area (Å²) in [5.41, 5.74) is 0.750. The van der Waals surface area contributed by atoms with E-state index in [1.54, 1.807) is 0 Å². The molecule has 8 rings (SSSR count). The topological polar surface area (TPSA) is 0 Å². The number of fused-ring (bicyclic) bond motifs is 8. The molecule has 0 saturated carbocycles. The third-order valence-corrected chi connectivity index (χ3v) is 6.96. The van der Waals surface area contributed by atoms with Crippen molar-refractivity contribution in [1.82, 2.24) is 0 Å². The lowest BCUT2D eigenvalue weighted by Gasteiger charge is -2.19. The van der Waals surface area contributed by atoms with Crippen molar-refractivity contribution in [2.45, 2.75) is 0 Å². The molecule has 0 radical (unpaired) electrons. The van der Waals surface area contributed by atoms with Gasteiger partial charge >= 0.3 is 0 Å². The highest BCUT2D eigenvalue weighted by Gasteiger charge is 2.18. The van der Waals surface area contributed by atoms with Gasteiger partial charge in [0.25, 0.3) is 0 Å². The molecule has 8 aromatic carbocycles. The fourth-order valence-electron chi connectivity index (χ4n) is 5.40. The number of rotatable bonds is 1. The van der Waals surface area contributed by atoms with Crippen LogP contribution in [0.4, 0.5) is 0 Å². The second-order valence-electron chi connectivity index (χ2n) is 8.85. The molecule has 166 valence electrons. The quantitative estimate of drug-likeness (QED) is 0.167.